The molecular weight excluding hydrogens is 326 g/mol. The van der Waals surface area contributed by atoms with E-state index in [1.165, 1.54) is 13.3 Å². The van der Waals surface area contributed by atoms with Crippen LogP contribution in [0.1, 0.15) is 24.8 Å². The average molecular weight is 347 g/mol. The molecule has 8 heteroatoms. The standard InChI is InChI=1S/C17H21N3O5/c1-24-15(21)12-25-14-7-5-13(6-8-14)11-18-19-16(22)17(23)20-9-3-2-4-10-20/h5-8,11H,2-4,9-10,12H2,1H3,(H,19,22)/b18-11-. The number of carbonyl (C=O) groups is 3. The molecule has 8 nitrogen and oxygen atoms in total. The summed E-state index contributed by atoms with van der Waals surface area (Å²) in [6.07, 6.45) is 4.35. The van der Waals surface area contributed by atoms with Crippen molar-refractivity contribution in [3.05, 3.63) is 29.8 Å². The van der Waals surface area contributed by atoms with E-state index in [1.807, 2.05) is 0 Å². The molecule has 0 radical (unpaired) electrons. The number of esters is 1. The maximum Gasteiger partial charge on any atom is 0.343 e. The van der Waals surface area contributed by atoms with Crippen molar-refractivity contribution in [3.63, 3.8) is 0 Å². The van der Waals surface area contributed by atoms with Crippen LogP contribution in [-0.2, 0) is 19.1 Å². The van der Waals surface area contributed by atoms with E-state index in [2.05, 4.69) is 15.3 Å². The predicted molar refractivity (Wildman–Crippen MR) is 90.1 cm³/mol. The number of methoxy groups -OCH3 is 1. The molecule has 0 bridgehead atoms. The van der Waals surface area contributed by atoms with Gasteiger partial charge in [-0.15, -0.1) is 0 Å². The number of benzene rings is 1. The van der Waals surface area contributed by atoms with E-state index in [0.29, 0.717) is 24.4 Å². The molecule has 0 unspecified atom stereocenters. The molecule has 0 atom stereocenters. The Labute approximate surface area is 145 Å². The molecule has 0 spiro atoms. The maximum absolute atomic E-state index is 11.9. The van der Waals surface area contributed by atoms with Crippen LogP contribution < -0.4 is 10.2 Å². The number of carbonyl (C=O) groups excluding carboxylic acids is 3. The van der Waals surface area contributed by atoms with Gasteiger partial charge in [-0.25, -0.2) is 10.2 Å². The minimum absolute atomic E-state index is 0.168. The number of hydrogen-bond acceptors (Lipinski definition) is 6. The van der Waals surface area contributed by atoms with Crippen LogP contribution >= 0.6 is 0 Å². The van der Waals surface area contributed by atoms with Crippen LogP contribution in [0.3, 0.4) is 0 Å². The second-order valence-electron chi connectivity index (χ2n) is 5.49. The molecule has 134 valence electrons. The molecular formula is C17H21N3O5. The summed E-state index contributed by atoms with van der Waals surface area (Å²) in [4.78, 5) is 36.2. The monoisotopic (exact) mass is 347 g/mol. The van der Waals surface area contributed by atoms with Gasteiger partial charge in [0.1, 0.15) is 5.75 Å². The summed E-state index contributed by atoms with van der Waals surface area (Å²) in [6.45, 7) is 1.06. The van der Waals surface area contributed by atoms with E-state index in [9.17, 15) is 14.4 Å². The Hall–Kier alpha value is -2.90. The fraction of sp³-hybridized carbons (Fsp3) is 0.412. The first-order chi connectivity index (χ1) is 12.1. The molecule has 1 heterocycles. The molecule has 0 saturated carbocycles. The first-order valence-corrected chi connectivity index (χ1v) is 8.02. The number of nitrogens with zero attached hydrogens (tertiary/aromatic N) is 2. The SMILES string of the molecule is COC(=O)COc1ccc(/C=N\NC(=O)C(=O)N2CCCCC2)cc1. The summed E-state index contributed by atoms with van der Waals surface area (Å²) >= 11 is 0. The minimum atomic E-state index is -0.740. The number of ether oxygens (including phenoxy) is 2. The number of piperidine rings is 1. The lowest BCUT2D eigenvalue weighted by Gasteiger charge is -2.25. The Morgan fingerprint density at radius 3 is 2.48 bits per heavy atom. The highest BCUT2D eigenvalue weighted by atomic mass is 16.6. The first-order valence-electron chi connectivity index (χ1n) is 8.02. The van der Waals surface area contributed by atoms with Crippen molar-refractivity contribution in [1.82, 2.24) is 10.3 Å². The van der Waals surface area contributed by atoms with Crippen molar-refractivity contribution in [2.75, 3.05) is 26.8 Å². The fourth-order valence-electron chi connectivity index (χ4n) is 2.31. The molecule has 1 N–H and O–H groups in total. The smallest absolute Gasteiger partial charge is 0.343 e. The summed E-state index contributed by atoms with van der Waals surface area (Å²) < 4.78 is 9.69. The topological polar surface area (TPSA) is 97.3 Å². The Balaban J connectivity index is 1.79. The molecule has 1 saturated heterocycles. The van der Waals surface area contributed by atoms with E-state index >= 15 is 0 Å². The largest absolute Gasteiger partial charge is 0.482 e. The van der Waals surface area contributed by atoms with E-state index in [1.54, 1.807) is 29.2 Å². The second-order valence-corrected chi connectivity index (χ2v) is 5.49. The Kier molecular flexibility index (Phi) is 6.94. The number of hydrogen-bond donors (Lipinski definition) is 1. The molecule has 1 aromatic rings. The Bertz CT molecular complexity index is 636. The molecule has 0 aliphatic carbocycles. The molecule has 1 aliphatic rings. The number of likely N-dealkylation sites (tertiary alicyclic amines) is 1. The van der Waals surface area contributed by atoms with Crippen molar-refractivity contribution < 1.29 is 23.9 Å². The third-order valence-corrected chi connectivity index (χ3v) is 3.68. The third-order valence-electron chi connectivity index (χ3n) is 3.68. The zero-order valence-electron chi connectivity index (χ0n) is 14.1. The van der Waals surface area contributed by atoms with Gasteiger partial charge in [-0.3, -0.25) is 9.59 Å². The minimum Gasteiger partial charge on any atom is -0.482 e. The van der Waals surface area contributed by atoms with Crippen molar-refractivity contribution in [1.29, 1.82) is 0 Å². The van der Waals surface area contributed by atoms with Gasteiger partial charge in [0.25, 0.3) is 0 Å². The highest BCUT2D eigenvalue weighted by molar-refractivity contribution is 6.35. The van der Waals surface area contributed by atoms with Gasteiger partial charge in [-0.05, 0) is 49.1 Å². The van der Waals surface area contributed by atoms with Gasteiger partial charge in [-0.1, -0.05) is 0 Å². The summed E-state index contributed by atoms with van der Waals surface area (Å²) in [7, 11) is 1.29. The number of nitrogens with one attached hydrogen (secondary N) is 1. The molecule has 2 amide bonds. The highest BCUT2D eigenvalue weighted by Gasteiger charge is 2.22. The van der Waals surface area contributed by atoms with Crippen LogP contribution in [0.2, 0.25) is 0 Å². The fourth-order valence-corrected chi connectivity index (χ4v) is 2.31. The van der Waals surface area contributed by atoms with Gasteiger partial charge in [-0.2, -0.15) is 5.10 Å². The maximum atomic E-state index is 11.9. The zero-order chi connectivity index (χ0) is 18.1. The highest BCUT2D eigenvalue weighted by Crippen LogP contribution is 2.11. The first kappa shape index (κ1) is 18.4. The Morgan fingerprint density at radius 1 is 1.16 bits per heavy atom. The third kappa shape index (κ3) is 5.91. The van der Waals surface area contributed by atoms with Crippen LogP contribution in [0.15, 0.2) is 29.4 Å². The van der Waals surface area contributed by atoms with Gasteiger partial charge in [0.05, 0.1) is 13.3 Å². The van der Waals surface area contributed by atoms with Gasteiger partial charge in [0.2, 0.25) is 0 Å². The predicted octanol–water partition coefficient (Wildman–Crippen LogP) is 0.701. The summed E-state index contributed by atoms with van der Waals surface area (Å²) in [5.74, 6) is -1.25. The zero-order valence-corrected chi connectivity index (χ0v) is 14.1. The quantitative estimate of drug-likeness (QED) is 0.366. The van der Waals surface area contributed by atoms with Crippen LogP contribution in [0.4, 0.5) is 0 Å². The molecule has 0 aromatic heterocycles. The van der Waals surface area contributed by atoms with Crippen LogP contribution in [-0.4, -0.2) is 55.7 Å². The average Bonchev–Trinajstić information content (AvgIpc) is 2.67. The van der Waals surface area contributed by atoms with Crippen molar-refractivity contribution in [3.8, 4) is 5.75 Å². The molecule has 1 aliphatic heterocycles. The van der Waals surface area contributed by atoms with E-state index in [0.717, 1.165) is 19.3 Å². The van der Waals surface area contributed by atoms with Crippen molar-refractivity contribution in [2.24, 2.45) is 5.10 Å². The number of hydrazone groups is 1. The van der Waals surface area contributed by atoms with E-state index < -0.39 is 17.8 Å². The normalized spacial score (nSPS) is 14.2. The number of amides is 2. The summed E-state index contributed by atoms with van der Waals surface area (Å²) in [6, 6.07) is 6.72. The molecule has 2 rings (SSSR count). The summed E-state index contributed by atoms with van der Waals surface area (Å²) in [5.41, 5.74) is 2.94. The lowest BCUT2D eigenvalue weighted by atomic mass is 10.1. The lowest BCUT2D eigenvalue weighted by Crippen LogP contribution is -2.43. The molecule has 1 aromatic carbocycles. The van der Waals surface area contributed by atoms with Crippen LogP contribution in [0, 0.1) is 0 Å². The van der Waals surface area contributed by atoms with E-state index in [4.69, 9.17) is 4.74 Å². The lowest BCUT2D eigenvalue weighted by molar-refractivity contribution is -0.146. The molecule has 25 heavy (non-hydrogen) atoms. The van der Waals surface area contributed by atoms with Gasteiger partial charge in [0, 0.05) is 13.1 Å². The van der Waals surface area contributed by atoms with Gasteiger partial charge < -0.3 is 14.4 Å². The van der Waals surface area contributed by atoms with Crippen molar-refractivity contribution in [2.45, 2.75) is 19.3 Å². The molecule has 1 fully saturated rings. The van der Waals surface area contributed by atoms with Crippen molar-refractivity contribution >= 4 is 24.0 Å². The van der Waals surface area contributed by atoms with Crippen LogP contribution in [0.5, 0.6) is 5.75 Å². The second kappa shape index (κ2) is 9.41. The summed E-state index contributed by atoms with van der Waals surface area (Å²) in [5, 5.41) is 3.79. The van der Waals surface area contributed by atoms with Gasteiger partial charge in [0.15, 0.2) is 6.61 Å². The van der Waals surface area contributed by atoms with Crippen LogP contribution in [0.25, 0.3) is 0 Å². The Morgan fingerprint density at radius 2 is 1.84 bits per heavy atom. The number of rotatable bonds is 5. The van der Waals surface area contributed by atoms with E-state index in [-0.39, 0.29) is 6.61 Å². The van der Waals surface area contributed by atoms with Gasteiger partial charge >= 0.3 is 17.8 Å².